The van der Waals surface area contributed by atoms with Crippen molar-refractivity contribution < 1.29 is 39.0 Å². The molecule has 12 nitrogen and oxygen atoms in total. The van der Waals surface area contributed by atoms with Gasteiger partial charge in [0.1, 0.15) is 0 Å². The van der Waals surface area contributed by atoms with Gasteiger partial charge in [-0.25, -0.2) is 9.59 Å². The first kappa shape index (κ1) is 37.5. The minimum atomic E-state index is -1.28. The predicted molar refractivity (Wildman–Crippen MR) is 195 cm³/mol. The molecule has 0 atom stereocenters. The van der Waals surface area contributed by atoms with E-state index in [1.165, 1.54) is 48.5 Å². The summed E-state index contributed by atoms with van der Waals surface area (Å²) in [6.45, 7) is 10.7. The van der Waals surface area contributed by atoms with E-state index in [9.17, 15) is 39.0 Å². The van der Waals surface area contributed by atoms with Crippen LogP contribution in [0.2, 0.25) is 0 Å². The monoisotopic (exact) mass is 692 g/mol. The zero-order valence-electron chi connectivity index (χ0n) is 29.1. The molecular weight excluding hydrogens is 652 g/mol. The van der Waals surface area contributed by atoms with Crippen molar-refractivity contribution in [1.82, 2.24) is 0 Å². The van der Waals surface area contributed by atoms with E-state index in [-0.39, 0.29) is 51.9 Å². The van der Waals surface area contributed by atoms with Gasteiger partial charge in [-0.1, -0.05) is 53.7 Å². The summed E-state index contributed by atoms with van der Waals surface area (Å²) in [4.78, 5) is 74.7. The van der Waals surface area contributed by atoms with Crippen molar-refractivity contribution in [3.8, 4) is 0 Å². The predicted octanol–water partition coefficient (Wildman–Crippen LogP) is 7.15. The van der Waals surface area contributed by atoms with Crippen LogP contribution in [0.25, 0.3) is 0 Å². The van der Waals surface area contributed by atoms with Gasteiger partial charge in [-0.2, -0.15) is 0 Å². The number of carbonyl (C=O) groups is 6. The number of benzene rings is 4. The maximum absolute atomic E-state index is 13.0. The summed E-state index contributed by atoms with van der Waals surface area (Å²) in [5.41, 5.74) is 1.20. The zero-order valence-corrected chi connectivity index (χ0v) is 29.1. The number of carboxylic acids is 2. The second-order valence-electron chi connectivity index (χ2n) is 14.0. The summed E-state index contributed by atoms with van der Waals surface area (Å²) in [6.07, 6.45) is 0.159. The summed E-state index contributed by atoms with van der Waals surface area (Å²) < 4.78 is 0. The third-order valence-electron chi connectivity index (χ3n) is 7.71. The Morgan fingerprint density at radius 2 is 0.824 bits per heavy atom. The number of rotatable bonds is 10. The molecule has 4 aromatic carbocycles. The molecule has 0 bridgehead atoms. The number of hydrogen-bond donors (Lipinski definition) is 6. The molecule has 4 rings (SSSR count). The standard InChI is InChI=1S/C39H40N4O8/c1-38(2,3)36(50)40-26-13-9-24(10-14-26)32(44)42-30-17-7-22(20-28(30)34(46)47)19-23-8-18-31(29(21-23)35(48)49)43-33(45)25-11-15-27(16-12-25)41-37(51)39(4,5)6/h7-18,20-21H,19H2,1-6H3,(H,40,50)(H,41,51)(H,42,44)(H,43,45)(H,46,47)(H,48,49). The zero-order chi connectivity index (χ0) is 37.7. The average Bonchev–Trinajstić information content (AvgIpc) is 3.05. The van der Waals surface area contributed by atoms with Gasteiger partial charge in [-0.15, -0.1) is 0 Å². The smallest absolute Gasteiger partial charge is 0.337 e. The molecule has 51 heavy (non-hydrogen) atoms. The highest BCUT2D eigenvalue weighted by atomic mass is 16.4. The van der Waals surface area contributed by atoms with Crippen molar-refractivity contribution in [2.24, 2.45) is 10.8 Å². The Balaban J connectivity index is 1.46. The molecule has 4 aromatic rings. The van der Waals surface area contributed by atoms with E-state index in [0.717, 1.165) is 0 Å². The molecule has 4 amide bonds. The summed E-state index contributed by atoms with van der Waals surface area (Å²) in [5.74, 6) is -4.02. The van der Waals surface area contributed by atoms with E-state index < -0.39 is 34.6 Å². The van der Waals surface area contributed by atoms with Crippen LogP contribution in [-0.2, 0) is 16.0 Å². The van der Waals surface area contributed by atoms with E-state index in [1.54, 1.807) is 77.9 Å². The van der Waals surface area contributed by atoms with Crippen LogP contribution in [0.15, 0.2) is 84.9 Å². The van der Waals surface area contributed by atoms with Gasteiger partial charge < -0.3 is 31.5 Å². The van der Waals surface area contributed by atoms with E-state index in [2.05, 4.69) is 21.3 Å². The molecule has 0 aliphatic carbocycles. The Kier molecular flexibility index (Phi) is 11.1. The van der Waals surface area contributed by atoms with E-state index in [0.29, 0.717) is 22.5 Å². The van der Waals surface area contributed by atoms with Gasteiger partial charge in [0.15, 0.2) is 0 Å². The summed E-state index contributed by atoms with van der Waals surface area (Å²) >= 11 is 0. The summed E-state index contributed by atoms with van der Waals surface area (Å²) in [7, 11) is 0. The number of aromatic carboxylic acids is 2. The van der Waals surface area contributed by atoms with E-state index >= 15 is 0 Å². The van der Waals surface area contributed by atoms with Gasteiger partial charge in [0, 0.05) is 33.3 Å². The van der Waals surface area contributed by atoms with Gasteiger partial charge in [0.05, 0.1) is 22.5 Å². The lowest BCUT2D eigenvalue weighted by molar-refractivity contribution is -0.123. The largest absolute Gasteiger partial charge is 0.478 e. The number of carboxylic acid groups (broad SMARTS) is 2. The van der Waals surface area contributed by atoms with E-state index in [4.69, 9.17) is 0 Å². The fourth-order valence-corrected chi connectivity index (χ4v) is 4.65. The highest BCUT2D eigenvalue weighted by Crippen LogP contribution is 2.25. The SMILES string of the molecule is CC(C)(C)C(=O)Nc1ccc(C(=O)Nc2ccc(Cc3ccc(NC(=O)c4ccc(NC(=O)C(C)(C)C)cc4)c(C(=O)O)c3)cc2C(=O)O)cc1. The Bertz CT molecular complexity index is 1860. The highest BCUT2D eigenvalue weighted by molar-refractivity contribution is 6.09. The maximum Gasteiger partial charge on any atom is 0.337 e. The Morgan fingerprint density at radius 1 is 0.490 bits per heavy atom. The molecule has 0 heterocycles. The van der Waals surface area contributed by atoms with Crippen LogP contribution >= 0.6 is 0 Å². The molecule has 0 aromatic heterocycles. The molecule has 0 radical (unpaired) electrons. The van der Waals surface area contributed by atoms with Crippen molar-refractivity contribution in [2.75, 3.05) is 21.3 Å². The van der Waals surface area contributed by atoms with Crippen molar-refractivity contribution in [2.45, 2.75) is 48.0 Å². The fraction of sp³-hybridized carbons (Fsp3) is 0.231. The molecular formula is C39H40N4O8. The summed E-state index contributed by atoms with van der Waals surface area (Å²) in [5, 5.41) is 30.6. The lowest BCUT2D eigenvalue weighted by atomic mass is 9.95. The third kappa shape index (κ3) is 9.88. The number of anilines is 4. The minimum absolute atomic E-state index is 0.0651. The summed E-state index contributed by atoms with van der Waals surface area (Å²) in [6, 6.07) is 21.3. The first-order chi connectivity index (χ1) is 23.8. The molecule has 0 saturated carbocycles. The molecule has 0 unspecified atom stereocenters. The van der Waals surface area contributed by atoms with Crippen LogP contribution in [0.5, 0.6) is 0 Å². The quantitative estimate of drug-likeness (QED) is 0.101. The van der Waals surface area contributed by atoms with Gasteiger partial charge >= 0.3 is 11.9 Å². The molecule has 12 heteroatoms. The first-order valence-corrected chi connectivity index (χ1v) is 16.0. The lowest BCUT2D eigenvalue weighted by Gasteiger charge is -2.17. The van der Waals surface area contributed by atoms with Crippen LogP contribution < -0.4 is 21.3 Å². The molecule has 264 valence electrons. The van der Waals surface area contributed by atoms with Gasteiger partial charge in [0.2, 0.25) is 11.8 Å². The molecule has 0 aliphatic rings. The molecule has 0 spiro atoms. The lowest BCUT2D eigenvalue weighted by Crippen LogP contribution is -2.27. The van der Waals surface area contributed by atoms with Crippen LogP contribution in [-0.4, -0.2) is 45.8 Å². The van der Waals surface area contributed by atoms with Crippen molar-refractivity contribution in [3.63, 3.8) is 0 Å². The second kappa shape index (κ2) is 15.1. The fourth-order valence-electron chi connectivity index (χ4n) is 4.65. The van der Waals surface area contributed by atoms with Crippen LogP contribution in [0.3, 0.4) is 0 Å². The van der Waals surface area contributed by atoms with Gasteiger partial charge in [-0.05, 0) is 90.3 Å². The highest BCUT2D eigenvalue weighted by Gasteiger charge is 2.23. The minimum Gasteiger partial charge on any atom is -0.478 e. The molecule has 6 N–H and O–H groups in total. The number of carbonyl (C=O) groups excluding carboxylic acids is 4. The number of hydrogen-bond acceptors (Lipinski definition) is 6. The topological polar surface area (TPSA) is 191 Å². The van der Waals surface area contributed by atoms with Crippen molar-refractivity contribution >= 4 is 58.3 Å². The van der Waals surface area contributed by atoms with Gasteiger partial charge in [-0.3, -0.25) is 19.2 Å². The molecule has 0 saturated heterocycles. The van der Waals surface area contributed by atoms with Gasteiger partial charge in [0.25, 0.3) is 11.8 Å². The average molecular weight is 693 g/mol. The molecule has 0 fully saturated rings. The van der Waals surface area contributed by atoms with Crippen molar-refractivity contribution in [3.05, 3.63) is 118 Å². The van der Waals surface area contributed by atoms with Crippen LogP contribution in [0, 0.1) is 10.8 Å². The van der Waals surface area contributed by atoms with Crippen molar-refractivity contribution in [1.29, 1.82) is 0 Å². The first-order valence-electron chi connectivity index (χ1n) is 16.0. The third-order valence-corrected chi connectivity index (χ3v) is 7.71. The Hall–Kier alpha value is -6.30. The second-order valence-corrected chi connectivity index (χ2v) is 14.0. The maximum atomic E-state index is 13.0. The Labute approximate surface area is 295 Å². The van der Waals surface area contributed by atoms with Crippen LogP contribution in [0.1, 0.15) is 94.1 Å². The normalized spacial score (nSPS) is 11.3. The number of amides is 4. The number of nitrogens with one attached hydrogen (secondary N) is 4. The van der Waals surface area contributed by atoms with Crippen LogP contribution in [0.4, 0.5) is 22.7 Å². The Morgan fingerprint density at radius 3 is 1.12 bits per heavy atom. The molecule has 0 aliphatic heterocycles. The van der Waals surface area contributed by atoms with E-state index in [1.807, 2.05) is 0 Å².